The Labute approximate surface area is 109 Å². The number of carbonyl (C=O) groups excluding carboxylic acids is 1. The van der Waals surface area contributed by atoms with Crippen LogP contribution in [0.25, 0.3) is 0 Å². The maximum absolute atomic E-state index is 12.7. The van der Waals surface area contributed by atoms with E-state index in [2.05, 4.69) is 31.0 Å². The van der Waals surface area contributed by atoms with Crippen LogP contribution in [-0.2, 0) is 4.79 Å². The maximum Gasteiger partial charge on any atom is 0.228 e. The Morgan fingerprint density at radius 3 is 2.47 bits per heavy atom. The summed E-state index contributed by atoms with van der Waals surface area (Å²) in [6.45, 7) is 10.4. The zero-order valence-corrected chi connectivity index (χ0v) is 12.0. The monoisotopic (exact) mass is 256 g/mol. The molecule has 0 radical (unpaired) electrons. The van der Waals surface area contributed by atoms with E-state index in [4.69, 9.17) is 0 Å². The van der Waals surface area contributed by atoms with Crippen LogP contribution in [0.1, 0.15) is 33.6 Å². The minimum absolute atomic E-state index is 0.122. The van der Waals surface area contributed by atoms with E-state index in [1.54, 1.807) is 0 Å². The molecule has 2 rings (SSSR count). The lowest BCUT2D eigenvalue weighted by Crippen LogP contribution is -2.53. The second-order valence-electron chi connectivity index (χ2n) is 6.15. The average Bonchev–Trinajstić information content (AvgIpc) is 2.27. The molecule has 98 valence electrons. The highest BCUT2D eigenvalue weighted by Crippen LogP contribution is 2.35. The molecular formula is C13H24N2OS. The number of nitrogens with one attached hydrogen (secondary N) is 1. The van der Waals surface area contributed by atoms with Crippen LogP contribution in [0.5, 0.6) is 0 Å². The molecule has 0 atom stereocenters. The van der Waals surface area contributed by atoms with Gasteiger partial charge in [-0.05, 0) is 39.8 Å². The van der Waals surface area contributed by atoms with Crippen molar-refractivity contribution in [2.45, 2.75) is 38.4 Å². The summed E-state index contributed by atoms with van der Waals surface area (Å²) < 4.78 is 0.219. The highest BCUT2D eigenvalue weighted by Gasteiger charge is 2.40. The first-order valence-electron chi connectivity index (χ1n) is 6.57. The fourth-order valence-electron chi connectivity index (χ4n) is 2.76. The van der Waals surface area contributed by atoms with Crippen molar-refractivity contribution in [3.05, 3.63) is 0 Å². The summed E-state index contributed by atoms with van der Waals surface area (Å²) in [6.07, 6.45) is 1.96. The molecule has 0 aliphatic carbocycles. The van der Waals surface area contributed by atoms with Gasteiger partial charge in [-0.1, -0.05) is 6.92 Å². The Balaban J connectivity index is 2.03. The minimum atomic E-state index is -0.122. The van der Waals surface area contributed by atoms with Crippen molar-refractivity contribution in [1.82, 2.24) is 10.2 Å². The van der Waals surface area contributed by atoms with E-state index in [1.807, 2.05) is 11.8 Å². The Hall–Kier alpha value is -0.220. The number of nitrogens with zero attached hydrogens (tertiary/aromatic N) is 1. The maximum atomic E-state index is 12.7. The molecule has 0 saturated carbocycles. The standard InChI is InChI=1S/C13H24N2OS/c1-12(2)10-15(8-9-17-12)11(16)13(3)4-6-14-7-5-13/h14H,4-10H2,1-3H3. The van der Waals surface area contributed by atoms with Gasteiger partial charge >= 0.3 is 0 Å². The molecular weight excluding hydrogens is 232 g/mol. The first-order chi connectivity index (χ1) is 7.93. The van der Waals surface area contributed by atoms with E-state index in [-0.39, 0.29) is 10.2 Å². The van der Waals surface area contributed by atoms with Gasteiger partial charge in [0.1, 0.15) is 0 Å². The smallest absolute Gasteiger partial charge is 0.228 e. The topological polar surface area (TPSA) is 32.3 Å². The van der Waals surface area contributed by atoms with Gasteiger partial charge in [0.15, 0.2) is 0 Å². The molecule has 0 aromatic heterocycles. The third kappa shape index (κ3) is 2.97. The predicted octanol–water partition coefficient (Wildman–Crippen LogP) is 1.73. The molecule has 4 heteroatoms. The van der Waals surface area contributed by atoms with E-state index >= 15 is 0 Å². The Bertz CT molecular complexity index is 298. The zero-order chi connectivity index (χ0) is 12.5. The number of amides is 1. The number of hydrogen-bond donors (Lipinski definition) is 1. The molecule has 1 amide bonds. The zero-order valence-electron chi connectivity index (χ0n) is 11.2. The summed E-state index contributed by atoms with van der Waals surface area (Å²) in [4.78, 5) is 14.8. The molecule has 17 heavy (non-hydrogen) atoms. The number of piperidine rings is 1. The molecule has 1 N–H and O–H groups in total. The van der Waals surface area contributed by atoms with Crippen molar-refractivity contribution < 1.29 is 4.79 Å². The normalized spacial score (nSPS) is 27.8. The van der Waals surface area contributed by atoms with Gasteiger partial charge in [-0.3, -0.25) is 4.79 Å². The lowest BCUT2D eigenvalue weighted by atomic mass is 9.79. The summed E-state index contributed by atoms with van der Waals surface area (Å²) in [7, 11) is 0. The van der Waals surface area contributed by atoms with Crippen LogP contribution in [-0.4, -0.2) is 47.5 Å². The summed E-state index contributed by atoms with van der Waals surface area (Å²) >= 11 is 1.98. The van der Waals surface area contributed by atoms with Gasteiger partial charge in [0, 0.05) is 29.0 Å². The third-order valence-electron chi connectivity index (χ3n) is 3.94. The number of rotatable bonds is 1. The van der Waals surface area contributed by atoms with Crippen molar-refractivity contribution >= 4 is 17.7 Å². The van der Waals surface area contributed by atoms with Crippen LogP contribution in [0, 0.1) is 5.41 Å². The van der Waals surface area contributed by atoms with Gasteiger partial charge in [-0.15, -0.1) is 0 Å². The van der Waals surface area contributed by atoms with Gasteiger partial charge in [0.25, 0.3) is 0 Å². The third-order valence-corrected chi connectivity index (χ3v) is 5.23. The molecule has 3 nitrogen and oxygen atoms in total. The van der Waals surface area contributed by atoms with Crippen molar-refractivity contribution in [3.8, 4) is 0 Å². The first-order valence-corrected chi connectivity index (χ1v) is 7.56. The van der Waals surface area contributed by atoms with Crippen LogP contribution < -0.4 is 5.32 Å². The second kappa shape index (κ2) is 4.81. The minimum Gasteiger partial charge on any atom is -0.340 e. The Morgan fingerprint density at radius 1 is 1.24 bits per heavy atom. The molecule has 0 spiro atoms. The predicted molar refractivity (Wildman–Crippen MR) is 73.3 cm³/mol. The second-order valence-corrected chi connectivity index (χ2v) is 7.95. The van der Waals surface area contributed by atoms with Gasteiger partial charge in [0.2, 0.25) is 5.91 Å². The largest absolute Gasteiger partial charge is 0.340 e. The summed E-state index contributed by atoms with van der Waals surface area (Å²) in [5, 5.41) is 3.34. The highest BCUT2D eigenvalue weighted by molar-refractivity contribution is 8.00. The van der Waals surface area contributed by atoms with Crippen LogP contribution >= 0.6 is 11.8 Å². The lowest BCUT2D eigenvalue weighted by molar-refractivity contribution is -0.143. The Kier molecular flexibility index (Phi) is 3.74. The van der Waals surface area contributed by atoms with Crippen LogP contribution in [0.15, 0.2) is 0 Å². The van der Waals surface area contributed by atoms with Gasteiger partial charge in [0.05, 0.1) is 0 Å². The SMILES string of the molecule is CC1(C)CN(C(=O)C2(C)CCNCC2)CCS1. The van der Waals surface area contributed by atoms with Crippen LogP contribution in [0.4, 0.5) is 0 Å². The first kappa shape index (κ1) is 13.2. The van der Waals surface area contributed by atoms with Crippen LogP contribution in [0.2, 0.25) is 0 Å². The van der Waals surface area contributed by atoms with Gasteiger partial charge in [-0.2, -0.15) is 11.8 Å². The summed E-state index contributed by atoms with van der Waals surface area (Å²) in [5.74, 6) is 1.46. The Morgan fingerprint density at radius 2 is 1.88 bits per heavy atom. The van der Waals surface area contributed by atoms with Crippen molar-refractivity contribution in [1.29, 1.82) is 0 Å². The van der Waals surface area contributed by atoms with Crippen molar-refractivity contribution in [2.24, 2.45) is 5.41 Å². The van der Waals surface area contributed by atoms with Gasteiger partial charge < -0.3 is 10.2 Å². The van der Waals surface area contributed by atoms with E-state index in [0.717, 1.165) is 44.8 Å². The van der Waals surface area contributed by atoms with Crippen molar-refractivity contribution in [3.63, 3.8) is 0 Å². The molecule has 2 fully saturated rings. The highest BCUT2D eigenvalue weighted by atomic mass is 32.2. The quantitative estimate of drug-likeness (QED) is 0.775. The summed E-state index contributed by atoms with van der Waals surface area (Å²) in [6, 6.07) is 0. The molecule has 2 aliphatic rings. The fourth-order valence-corrected chi connectivity index (χ4v) is 3.88. The molecule has 2 aliphatic heterocycles. The molecule has 0 unspecified atom stereocenters. The fraction of sp³-hybridized carbons (Fsp3) is 0.923. The van der Waals surface area contributed by atoms with Crippen molar-refractivity contribution in [2.75, 3.05) is 31.9 Å². The van der Waals surface area contributed by atoms with Crippen LogP contribution in [0.3, 0.4) is 0 Å². The molecule has 0 aromatic rings. The molecule has 0 aromatic carbocycles. The van der Waals surface area contributed by atoms with E-state index in [0.29, 0.717) is 5.91 Å². The number of hydrogen-bond acceptors (Lipinski definition) is 3. The van der Waals surface area contributed by atoms with E-state index in [9.17, 15) is 4.79 Å². The summed E-state index contributed by atoms with van der Waals surface area (Å²) in [5.41, 5.74) is -0.122. The molecule has 2 heterocycles. The number of thioether (sulfide) groups is 1. The number of carbonyl (C=O) groups is 1. The van der Waals surface area contributed by atoms with E-state index in [1.165, 1.54) is 0 Å². The van der Waals surface area contributed by atoms with E-state index < -0.39 is 0 Å². The molecule has 2 saturated heterocycles. The molecule has 0 bridgehead atoms. The van der Waals surface area contributed by atoms with Gasteiger partial charge in [-0.25, -0.2) is 0 Å². The average molecular weight is 256 g/mol. The lowest BCUT2D eigenvalue weighted by Gasteiger charge is -2.43.